The van der Waals surface area contributed by atoms with Crippen molar-refractivity contribution >= 4 is 5.82 Å². The first-order valence-electron chi connectivity index (χ1n) is 9.04. The number of hydrogen-bond acceptors (Lipinski definition) is 5. The van der Waals surface area contributed by atoms with E-state index in [0.717, 1.165) is 49.0 Å². The van der Waals surface area contributed by atoms with Gasteiger partial charge in [-0.2, -0.15) is 0 Å². The molecule has 2 aliphatic heterocycles. The highest BCUT2D eigenvalue weighted by molar-refractivity contribution is 5.40. The van der Waals surface area contributed by atoms with Crippen LogP contribution in [0, 0.1) is 18.8 Å². The van der Waals surface area contributed by atoms with Crippen LogP contribution in [0.4, 0.5) is 5.82 Å². The van der Waals surface area contributed by atoms with Crippen LogP contribution in [-0.4, -0.2) is 50.6 Å². The van der Waals surface area contributed by atoms with Gasteiger partial charge in [0.2, 0.25) is 0 Å². The molecule has 2 aromatic heterocycles. The third kappa shape index (κ3) is 2.59. The summed E-state index contributed by atoms with van der Waals surface area (Å²) in [5, 5.41) is 0. The molecule has 0 radical (unpaired) electrons. The summed E-state index contributed by atoms with van der Waals surface area (Å²) in [5.74, 6) is 3.85. The molecule has 3 fully saturated rings. The second kappa shape index (κ2) is 5.55. The molecule has 2 unspecified atom stereocenters. The Bertz CT molecular complexity index is 723. The van der Waals surface area contributed by atoms with Crippen LogP contribution in [0.5, 0.6) is 0 Å². The average molecular weight is 324 g/mol. The van der Waals surface area contributed by atoms with Crippen LogP contribution < -0.4 is 4.90 Å². The quantitative estimate of drug-likeness (QED) is 0.859. The van der Waals surface area contributed by atoms with Gasteiger partial charge in [0.1, 0.15) is 18.0 Å². The smallest absolute Gasteiger partial charge is 0.132 e. The number of anilines is 1. The topological polar surface area (TPSA) is 50.1 Å². The van der Waals surface area contributed by atoms with Crippen molar-refractivity contribution in [3.63, 3.8) is 0 Å². The summed E-state index contributed by atoms with van der Waals surface area (Å²) >= 11 is 0. The second-order valence-electron chi connectivity index (χ2n) is 7.62. The van der Waals surface area contributed by atoms with Gasteiger partial charge in [-0.1, -0.05) is 0 Å². The highest BCUT2D eigenvalue weighted by Gasteiger charge is 2.40. The van der Waals surface area contributed by atoms with Gasteiger partial charge in [-0.15, -0.1) is 0 Å². The molecule has 6 nitrogen and oxygen atoms in total. The monoisotopic (exact) mass is 324 g/mol. The maximum atomic E-state index is 4.60. The summed E-state index contributed by atoms with van der Waals surface area (Å²) in [4.78, 5) is 18.3. The third-order valence-electron chi connectivity index (χ3n) is 5.73. The van der Waals surface area contributed by atoms with Crippen LogP contribution >= 0.6 is 0 Å². The van der Waals surface area contributed by atoms with Gasteiger partial charge in [-0.05, 0) is 31.6 Å². The first kappa shape index (κ1) is 14.4. The molecule has 0 aromatic carbocycles. The molecule has 0 amide bonds. The van der Waals surface area contributed by atoms with Crippen molar-refractivity contribution in [1.82, 2.24) is 24.4 Å². The van der Waals surface area contributed by atoms with Crippen LogP contribution in [-0.2, 0) is 6.54 Å². The summed E-state index contributed by atoms with van der Waals surface area (Å²) in [6.07, 6.45) is 8.44. The van der Waals surface area contributed by atoms with E-state index in [1.807, 2.05) is 13.1 Å². The zero-order valence-electron chi connectivity index (χ0n) is 14.2. The lowest BCUT2D eigenvalue weighted by molar-refractivity contribution is 0.295. The summed E-state index contributed by atoms with van der Waals surface area (Å²) in [7, 11) is 0. The third-order valence-corrected chi connectivity index (χ3v) is 5.73. The minimum absolute atomic E-state index is 0.723. The van der Waals surface area contributed by atoms with Crippen LogP contribution in [0.15, 0.2) is 24.8 Å². The molecular formula is C18H24N6. The van der Waals surface area contributed by atoms with E-state index in [1.165, 1.54) is 31.8 Å². The molecule has 0 bridgehead atoms. The molecule has 1 saturated carbocycles. The molecule has 2 atom stereocenters. The normalized spacial score (nSPS) is 27.0. The fourth-order valence-electron chi connectivity index (χ4n) is 4.37. The van der Waals surface area contributed by atoms with Crippen molar-refractivity contribution in [2.24, 2.45) is 11.8 Å². The lowest BCUT2D eigenvalue weighted by atomic mass is 10.0. The highest BCUT2D eigenvalue weighted by Crippen LogP contribution is 2.37. The van der Waals surface area contributed by atoms with Gasteiger partial charge in [0, 0.05) is 56.4 Å². The molecule has 2 saturated heterocycles. The van der Waals surface area contributed by atoms with Gasteiger partial charge in [-0.3, -0.25) is 4.90 Å². The largest absolute Gasteiger partial charge is 0.356 e. The number of likely N-dealkylation sites (tertiary alicyclic amines) is 1. The number of aryl methyl sites for hydroxylation is 1. The molecule has 24 heavy (non-hydrogen) atoms. The Hall–Kier alpha value is -1.95. The van der Waals surface area contributed by atoms with E-state index in [1.54, 1.807) is 6.33 Å². The summed E-state index contributed by atoms with van der Waals surface area (Å²) in [6.45, 7) is 7.64. The van der Waals surface area contributed by atoms with E-state index in [9.17, 15) is 0 Å². The molecule has 0 N–H and O–H groups in total. The molecule has 4 heterocycles. The van der Waals surface area contributed by atoms with Crippen molar-refractivity contribution in [1.29, 1.82) is 0 Å². The van der Waals surface area contributed by atoms with E-state index >= 15 is 0 Å². The number of hydrogen-bond donors (Lipinski definition) is 0. The van der Waals surface area contributed by atoms with Crippen molar-refractivity contribution < 1.29 is 0 Å². The van der Waals surface area contributed by atoms with E-state index in [2.05, 4.69) is 41.6 Å². The number of imidazole rings is 1. The predicted octanol–water partition coefficient (Wildman–Crippen LogP) is 1.88. The van der Waals surface area contributed by atoms with Gasteiger partial charge in [0.25, 0.3) is 0 Å². The SMILES string of the molecule is Cc1cc(N2CC3CN(Cc4nccn4C4CC4)CC3C2)ncn1. The Labute approximate surface area is 142 Å². The molecule has 6 heteroatoms. The van der Waals surface area contributed by atoms with E-state index in [0.29, 0.717) is 0 Å². The van der Waals surface area contributed by atoms with Gasteiger partial charge in [0.05, 0.1) is 6.54 Å². The van der Waals surface area contributed by atoms with Gasteiger partial charge < -0.3 is 9.47 Å². The van der Waals surface area contributed by atoms with Crippen LogP contribution in [0.3, 0.4) is 0 Å². The second-order valence-corrected chi connectivity index (χ2v) is 7.62. The van der Waals surface area contributed by atoms with Crippen LogP contribution in [0.2, 0.25) is 0 Å². The molecule has 1 aliphatic carbocycles. The average Bonchev–Trinajstić information content (AvgIpc) is 3.00. The van der Waals surface area contributed by atoms with Crippen molar-refractivity contribution in [2.45, 2.75) is 32.4 Å². The van der Waals surface area contributed by atoms with E-state index < -0.39 is 0 Å². The molecule has 2 aromatic rings. The zero-order chi connectivity index (χ0) is 16.1. The Morgan fingerprint density at radius 2 is 1.83 bits per heavy atom. The standard InChI is InChI=1S/C18H24N6/c1-13-6-17(21-12-20-13)23-9-14-7-22(8-15(14)10-23)11-18-19-4-5-24(18)16-2-3-16/h4-6,12,14-16H,2-3,7-11H2,1H3. The first-order chi connectivity index (χ1) is 11.8. The summed E-state index contributed by atoms with van der Waals surface area (Å²) in [5.41, 5.74) is 1.05. The lowest BCUT2D eigenvalue weighted by Gasteiger charge is -2.22. The number of aromatic nitrogens is 4. The molecule has 0 spiro atoms. The maximum Gasteiger partial charge on any atom is 0.132 e. The summed E-state index contributed by atoms with van der Waals surface area (Å²) in [6, 6.07) is 2.83. The van der Waals surface area contributed by atoms with Gasteiger partial charge in [0.15, 0.2) is 0 Å². The van der Waals surface area contributed by atoms with Crippen molar-refractivity contribution in [3.05, 3.63) is 36.3 Å². The van der Waals surface area contributed by atoms with E-state index in [-0.39, 0.29) is 0 Å². The lowest BCUT2D eigenvalue weighted by Crippen LogP contribution is -2.29. The number of rotatable bonds is 4. The minimum Gasteiger partial charge on any atom is -0.356 e. The minimum atomic E-state index is 0.723. The van der Waals surface area contributed by atoms with Crippen molar-refractivity contribution in [3.8, 4) is 0 Å². The number of fused-ring (bicyclic) bond motifs is 1. The predicted molar refractivity (Wildman–Crippen MR) is 91.7 cm³/mol. The zero-order valence-corrected chi connectivity index (χ0v) is 14.2. The fourth-order valence-corrected chi connectivity index (χ4v) is 4.37. The fraction of sp³-hybridized carbons (Fsp3) is 0.611. The maximum absolute atomic E-state index is 4.60. The summed E-state index contributed by atoms with van der Waals surface area (Å²) < 4.78 is 2.39. The Balaban J connectivity index is 1.23. The van der Waals surface area contributed by atoms with E-state index in [4.69, 9.17) is 0 Å². The molecular weight excluding hydrogens is 300 g/mol. The van der Waals surface area contributed by atoms with Crippen LogP contribution in [0.25, 0.3) is 0 Å². The number of nitrogens with zero attached hydrogens (tertiary/aromatic N) is 6. The molecule has 3 aliphatic rings. The van der Waals surface area contributed by atoms with Crippen LogP contribution in [0.1, 0.15) is 30.4 Å². The van der Waals surface area contributed by atoms with Crippen molar-refractivity contribution in [2.75, 3.05) is 31.1 Å². The Morgan fingerprint density at radius 1 is 1.04 bits per heavy atom. The van der Waals surface area contributed by atoms with Gasteiger partial charge in [-0.25, -0.2) is 15.0 Å². The highest BCUT2D eigenvalue weighted by atomic mass is 15.3. The Morgan fingerprint density at radius 3 is 2.54 bits per heavy atom. The molecule has 126 valence electrons. The van der Waals surface area contributed by atoms with Gasteiger partial charge >= 0.3 is 0 Å². The Kier molecular flexibility index (Phi) is 3.33. The first-order valence-corrected chi connectivity index (χ1v) is 9.04. The molecule has 5 rings (SSSR count).